The number of anilines is 2. The standard InChI is InChI=1S/C11H13N3O2/c1-7-6-14(11(12)16)9-5-3-2-4-8(9)13-10(7)15/h2-5,7H,6H2,1H3,(H2,12,16)(H,13,15). The van der Waals surface area contributed by atoms with Crippen LogP contribution in [-0.2, 0) is 4.79 Å². The van der Waals surface area contributed by atoms with E-state index < -0.39 is 6.03 Å². The summed E-state index contributed by atoms with van der Waals surface area (Å²) in [7, 11) is 0. The van der Waals surface area contributed by atoms with Crippen molar-refractivity contribution in [1.29, 1.82) is 0 Å². The first kappa shape index (κ1) is 10.5. The molecule has 0 spiro atoms. The Morgan fingerprint density at radius 2 is 2.19 bits per heavy atom. The van der Waals surface area contributed by atoms with E-state index in [4.69, 9.17) is 5.73 Å². The quantitative estimate of drug-likeness (QED) is 0.687. The molecular formula is C11H13N3O2. The van der Waals surface area contributed by atoms with Crippen molar-refractivity contribution in [2.75, 3.05) is 16.8 Å². The largest absolute Gasteiger partial charge is 0.351 e. The summed E-state index contributed by atoms with van der Waals surface area (Å²) < 4.78 is 0. The number of nitrogens with zero attached hydrogens (tertiary/aromatic N) is 1. The van der Waals surface area contributed by atoms with E-state index in [0.717, 1.165) is 0 Å². The number of nitrogens with two attached hydrogens (primary N) is 1. The lowest BCUT2D eigenvalue weighted by Crippen LogP contribution is -2.39. The molecule has 16 heavy (non-hydrogen) atoms. The van der Waals surface area contributed by atoms with Crippen molar-refractivity contribution in [3.8, 4) is 0 Å². The Kier molecular flexibility index (Phi) is 2.52. The predicted octanol–water partition coefficient (Wildman–Crippen LogP) is 1.16. The number of benzene rings is 1. The van der Waals surface area contributed by atoms with Gasteiger partial charge in [0.2, 0.25) is 5.91 Å². The van der Waals surface area contributed by atoms with E-state index in [0.29, 0.717) is 17.9 Å². The van der Waals surface area contributed by atoms with Gasteiger partial charge in [-0.3, -0.25) is 9.69 Å². The van der Waals surface area contributed by atoms with Crippen LogP contribution < -0.4 is 16.0 Å². The van der Waals surface area contributed by atoms with Crippen LogP contribution in [0.1, 0.15) is 6.92 Å². The number of rotatable bonds is 0. The predicted molar refractivity (Wildman–Crippen MR) is 61.2 cm³/mol. The van der Waals surface area contributed by atoms with Crippen molar-refractivity contribution < 1.29 is 9.59 Å². The SMILES string of the molecule is CC1CN(C(N)=O)c2ccccc2NC1=O. The average molecular weight is 219 g/mol. The summed E-state index contributed by atoms with van der Waals surface area (Å²) in [6.45, 7) is 2.06. The van der Waals surface area contributed by atoms with Crippen molar-refractivity contribution >= 4 is 23.3 Å². The van der Waals surface area contributed by atoms with Gasteiger partial charge < -0.3 is 11.1 Å². The number of nitrogens with one attached hydrogen (secondary N) is 1. The number of carbonyl (C=O) groups is 2. The lowest BCUT2D eigenvalue weighted by Gasteiger charge is -2.20. The van der Waals surface area contributed by atoms with E-state index in [9.17, 15) is 9.59 Å². The van der Waals surface area contributed by atoms with Gasteiger partial charge in [-0.15, -0.1) is 0 Å². The average Bonchev–Trinajstić information content (AvgIpc) is 2.37. The summed E-state index contributed by atoms with van der Waals surface area (Å²) in [5.41, 5.74) is 6.57. The fourth-order valence-corrected chi connectivity index (χ4v) is 1.73. The van der Waals surface area contributed by atoms with Gasteiger partial charge in [0.05, 0.1) is 17.3 Å². The highest BCUT2D eigenvalue weighted by molar-refractivity contribution is 6.03. The third kappa shape index (κ3) is 1.71. The second-order valence-corrected chi connectivity index (χ2v) is 3.86. The van der Waals surface area contributed by atoms with E-state index >= 15 is 0 Å². The Morgan fingerprint density at radius 1 is 1.50 bits per heavy atom. The summed E-state index contributed by atoms with van der Waals surface area (Å²) in [4.78, 5) is 24.4. The molecule has 1 aliphatic rings. The zero-order valence-corrected chi connectivity index (χ0v) is 8.93. The minimum atomic E-state index is -0.546. The fraction of sp³-hybridized carbons (Fsp3) is 0.273. The van der Waals surface area contributed by atoms with Crippen LogP contribution in [0, 0.1) is 5.92 Å². The summed E-state index contributed by atoms with van der Waals surface area (Å²) in [5.74, 6) is -0.379. The third-order valence-electron chi connectivity index (χ3n) is 2.62. The molecule has 0 fully saturated rings. The minimum absolute atomic E-state index is 0.101. The summed E-state index contributed by atoms with van der Waals surface area (Å²) >= 11 is 0. The maximum absolute atomic E-state index is 11.7. The van der Waals surface area contributed by atoms with Crippen LogP contribution in [0.25, 0.3) is 0 Å². The van der Waals surface area contributed by atoms with Gasteiger partial charge in [-0.2, -0.15) is 0 Å². The topological polar surface area (TPSA) is 75.4 Å². The molecule has 0 bridgehead atoms. The molecule has 0 aliphatic carbocycles. The summed E-state index contributed by atoms with van der Waals surface area (Å²) in [5, 5.41) is 2.77. The molecule has 1 unspecified atom stereocenters. The molecule has 0 radical (unpaired) electrons. The van der Waals surface area contributed by atoms with E-state index in [2.05, 4.69) is 5.32 Å². The van der Waals surface area contributed by atoms with Crippen LogP contribution in [0.4, 0.5) is 16.2 Å². The van der Waals surface area contributed by atoms with Gasteiger partial charge >= 0.3 is 6.03 Å². The highest BCUT2D eigenvalue weighted by atomic mass is 16.2. The molecule has 1 aromatic rings. The van der Waals surface area contributed by atoms with E-state index in [1.165, 1.54) is 4.90 Å². The Morgan fingerprint density at radius 3 is 2.88 bits per heavy atom. The zero-order valence-electron chi connectivity index (χ0n) is 8.93. The van der Waals surface area contributed by atoms with Crippen molar-refractivity contribution in [1.82, 2.24) is 0 Å². The highest BCUT2D eigenvalue weighted by Gasteiger charge is 2.26. The second-order valence-electron chi connectivity index (χ2n) is 3.86. The van der Waals surface area contributed by atoms with Crippen LogP contribution in [0.2, 0.25) is 0 Å². The smallest absolute Gasteiger partial charge is 0.319 e. The molecule has 84 valence electrons. The monoisotopic (exact) mass is 219 g/mol. The maximum atomic E-state index is 11.7. The molecule has 1 heterocycles. The molecule has 2 rings (SSSR count). The van der Waals surface area contributed by atoms with Gasteiger partial charge in [0.1, 0.15) is 0 Å². The van der Waals surface area contributed by atoms with Gasteiger partial charge in [0.25, 0.3) is 0 Å². The lowest BCUT2D eigenvalue weighted by molar-refractivity contribution is -0.119. The number of hydrogen-bond acceptors (Lipinski definition) is 2. The summed E-state index contributed by atoms with van der Waals surface area (Å²) in [6.07, 6.45) is 0. The molecule has 5 heteroatoms. The fourth-order valence-electron chi connectivity index (χ4n) is 1.73. The van der Waals surface area contributed by atoms with E-state index in [-0.39, 0.29) is 11.8 Å². The van der Waals surface area contributed by atoms with Gasteiger partial charge in [-0.25, -0.2) is 4.79 Å². The number of amides is 3. The van der Waals surface area contributed by atoms with Gasteiger partial charge in [-0.05, 0) is 12.1 Å². The first-order valence-corrected chi connectivity index (χ1v) is 5.06. The van der Waals surface area contributed by atoms with E-state index in [1.807, 2.05) is 0 Å². The number of fused-ring (bicyclic) bond motifs is 1. The van der Waals surface area contributed by atoms with Crippen LogP contribution in [-0.4, -0.2) is 18.5 Å². The minimum Gasteiger partial charge on any atom is -0.351 e. The van der Waals surface area contributed by atoms with Crippen molar-refractivity contribution in [2.45, 2.75) is 6.92 Å². The van der Waals surface area contributed by atoms with Crippen molar-refractivity contribution in [2.24, 2.45) is 11.7 Å². The highest BCUT2D eigenvalue weighted by Crippen LogP contribution is 2.29. The van der Waals surface area contributed by atoms with Crippen LogP contribution >= 0.6 is 0 Å². The van der Waals surface area contributed by atoms with Gasteiger partial charge in [0, 0.05) is 6.54 Å². The second kappa shape index (κ2) is 3.84. The number of primary amides is 1. The molecule has 5 nitrogen and oxygen atoms in total. The number of hydrogen-bond donors (Lipinski definition) is 2. The lowest BCUT2D eigenvalue weighted by atomic mass is 10.1. The Hall–Kier alpha value is -2.04. The summed E-state index contributed by atoms with van der Waals surface area (Å²) in [6, 6.07) is 6.57. The van der Waals surface area contributed by atoms with Crippen LogP contribution in [0.3, 0.4) is 0 Å². The Labute approximate surface area is 93.2 Å². The van der Waals surface area contributed by atoms with Gasteiger partial charge in [-0.1, -0.05) is 19.1 Å². The molecule has 1 aromatic carbocycles. The molecule has 1 aliphatic heterocycles. The molecular weight excluding hydrogens is 206 g/mol. The van der Waals surface area contributed by atoms with Gasteiger partial charge in [0.15, 0.2) is 0 Å². The normalized spacial score (nSPS) is 19.7. The Balaban J connectivity index is 2.49. The number of urea groups is 1. The molecule has 0 saturated carbocycles. The third-order valence-corrected chi connectivity index (χ3v) is 2.62. The molecule has 3 N–H and O–H groups in total. The first-order valence-electron chi connectivity index (χ1n) is 5.06. The number of carbonyl (C=O) groups excluding carboxylic acids is 2. The molecule has 0 saturated heterocycles. The molecule has 3 amide bonds. The molecule has 0 aromatic heterocycles. The van der Waals surface area contributed by atoms with Crippen LogP contribution in [0.5, 0.6) is 0 Å². The molecule has 1 atom stereocenters. The van der Waals surface area contributed by atoms with Crippen LogP contribution in [0.15, 0.2) is 24.3 Å². The Bertz CT molecular complexity index is 445. The van der Waals surface area contributed by atoms with Crippen molar-refractivity contribution in [3.63, 3.8) is 0 Å². The van der Waals surface area contributed by atoms with E-state index in [1.54, 1.807) is 31.2 Å². The maximum Gasteiger partial charge on any atom is 0.319 e. The number of para-hydroxylation sites is 2. The van der Waals surface area contributed by atoms with Crippen molar-refractivity contribution in [3.05, 3.63) is 24.3 Å². The zero-order chi connectivity index (χ0) is 11.7. The first-order chi connectivity index (χ1) is 7.59.